The van der Waals surface area contributed by atoms with Gasteiger partial charge in [-0.1, -0.05) is 42.2 Å². The van der Waals surface area contributed by atoms with Crippen LogP contribution < -0.4 is 5.11 Å². The van der Waals surface area contributed by atoms with Crippen LogP contribution in [-0.2, 0) is 9.59 Å². The van der Waals surface area contributed by atoms with Crippen LogP contribution >= 0.6 is 24.0 Å². The Balaban J connectivity index is 1.66. The van der Waals surface area contributed by atoms with Crippen molar-refractivity contribution in [2.75, 3.05) is 6.54 Å². The average molecular weight is 386 g/mol. The Morgan fingerprint density at radius 2 is 2.04 bits per heavy atom. The van der Waals surface area contributed by atoms with E-state index in [0.717, 1.165) is 11.3 Å². The number of hydrogen-bond acceptors (Lipinski definition) is 6. The molecular formula is C18H16N3O3S2-. The largest absolute Gasteiger partial charge is 0.550 e. The van der Waals surface area contributed by atoms with Gasteiger partial charge < -0.3 is 9.90 Å². The molecule has 2 aromatic rings. The monoisotopic (exact) mass is 386 g/mol. The van der Waals surface area contributed by atoms with Gasteiger partial charge in [-0.15, -0.1) is 0 Å². The van der Waals surface area contributed by atoms with Crippen LogP contribution in [0.5, 0.6) is 0 Å². The number of carboxylic acid groups (broad SMARTS) is 1. The molecule has 0 saturated carbocycles. The average Bonchev–Trinajstić information content (AvgIpc) is 3.19. The zero-order valence-electron chi connectivity index (χ0n) is 13.8. The summed E-state index contributed by atoms with van der Waals surface area (Å²) in [7, 11) is 0. The zero-order valence-corrected chi connectivity index (χ0v) is 15.5. The third kappa shape index (κ3) is 4.39. The fraction of sp³-hybridized carbons (Fsp3) is 0.222. The fourth-order valence-corrected chi connectivity index (χ4v) is 3.83. The van der Waals surface area contributed by atoms with Gasteiger partial charge in [0.25, 0.3) is 5.91 Å². The maximum Gasteiger partial charge on any atom is 0.266 e. The SMILES string of the molecule is O=C([O-])CCCCN1C(=O)/C(=C\c2cnn(-c3ccccc3)c2)SC1=S. The van der Waals surface area contributed by atoms with Crippen molar-refractivity contribution in [3.63, 3.8) is 0 Å². The van der Waals surface area contributed by atoms with Crippen molar-refractivity contribution >= 4 is 46.3 Å². The predicted molar refractivity (Wildman–Crippen MR) is 102 cm³/mol. The van der Waals surface area contributed by atoms with Gasteiger partial charge in [0.1, 0.15) is 4.32 Å². The molecule has 0 radical (unpaired) electrons. The summed E-state index contributed by atoms with van der Waals surface area (Å²) in [6, 6.07) is 9.70. The second-order valence-corrected chi connectivity index (χ2v) is 7.39. The van der Waals surface area contributed by atoms with E-state index in [1.807, 2.05) is 36.5 Å². The number of hydrogen-bond donors (Lipinski definition) is 0. The molecule has 8 heteroatoms. The van der Waals surface area contributed by atoms with Gasteiger partial charge in [0, 0.05) is 24.3 Å². The lowest BCUT2D eigenvalue weighted by Gasteiger charge is -2.14. The van der Waals surface area contributed by atoms with Crippen LogP contribution in [0.4, 0.5) is 0 Å². The number of carboxylic acids is 1. The number of rotatable bonds is 7. The number of thiocarbonyl (C=S) groups is 1. The maximum absolute atomic E-state index is 12.5. The first-order chi connectivity index (χ1) is 12.5. The molecule has 0 aliphatic carbocycles. The van der Waals surface area contributed by atoms with Crippen LogP contribution in [0.15, 0.2) is 47.6 Å². The van der Waals surface area contributed by atoms with Crippen LogP contribution in [0.25, 0.3) is 11.8 Å². The van der Waals surface area contributed by atoms with Crippen LogP contribution in [0.2, 0.25) is 0 Å². The van der Waals surface area contributed by atoms with Crippen molar-refractivity contribution in [1.29, 1.82) is 0 Å². The molecule has 0 N–H and O–H groups in total. The Kier molecular flexibility index (Phi) is 5.85. The predicted octanol–water partition coefficient (Wildman–Crippen LogP) is 1.99. The highest BCUT2D eigenvalue weighted by Gasteiger charge is 2.31. The number of benzene rings is 1. The van der Waals surface area contributed by atoms with Crippen molar-refractivity contribution in [3.8, 4) is 5.69 Å². The van der Waals surface area contributed by atoms with Crippen molar-refractivity contribution < 1.29 is 14.7 Å². The lowest BCUT2D eigenvalue weighted by Crippen LogP contribution is -2.29. The van der Waals surface area contributed by atoms with E-state index in [4.69, 9.17) is 12.2 Å². The van der Waals surface area contributed by atoms with Crippen molar-refractivity contribution in [2.45, 2.75) is 19.3 Å². The highest BCUT2D eigenvalue weighted by atomic mass is 32.2. The number of unbranched alkanes of at least 4 members (excludes halogenated alkanes) is 1. The molecule has 0 bridgehead atoms. The Morgan fingerprint density at radius 1 is 1.27 bits per heavy atom. The number of nitrogens with zero attached hydrogens (tertiary/aromatic N) is 3. The summed E-state index contributed by atoms with van der Waals surface area (Å²) in [6.07, 6.45) is 6.33. The normalized spacial score (nSPS) is 15.8. The summed E-state index contributed by atoms with van der Waals surface area (Å²) >= 11 is 6.52. The second kappa shape index (κ2) is 8.29. The summed E-state index contributed by atoms with van der Waals surface area (Å²) in [5.41, 5.74) is 1.75. The van der Waals surface area contributed by atoms with Gasteiger partial charge >= 0.3 is 0 Å². The van der Waals surface area contributed by atoms with Gasteiger partial charge in [-0.05, 0) is 37.5 Å². The van der Waals surface area contributed by atoms with Crippen molar-refractivity contribution in [3.05, 3.63) is 53.2 Å². The number of para-hydroxylation sites is 1. The molecule has 1 aliphatic rings. The molecule has 3 rings (SSSR count). The summed E-state index contributed by atoms with van der Waals surface area (Å²) in [5.74, 6) is -1.23. The van der Waals surface area contributed by atoms with Crippen molar-refractivity contribution in [2.24, 2.45) is 0 Å². The molecule has 6 nitrogen and oxygen atoms in total. The quantitative estimate of drug-likeness (QED) is 0.411. The lowest BCUT2D eigenvalue weighted by atomic mass is 10.2. The fourth-order valence-electron chi connectivity index (χ4n) is 2.52. The molecule has 0 atom stereocenters. The maximum atomic E-state index is 12.5. The van der Waals surface area contributed by atoms with E-state index in [-0.39, 0.29) is 12.3 Å². The molecule has 134 valence electrons. The molecule has 1 saturated heterocycles. The Bertz CT molecular complexity index is 862. The first-order valence-corrected chi connectivity index (χ1v) is 9.32. The van der Waals surface area contributed by atoms with Crippen LogP contribution in [0.3, 0.4) is 0 Å². The molecule has 1 aromatic carbocycles. The Hall–Kier alpha value is -2.45. The summed E-state index contributed by atoms with van der Waals surface area (Å²) in [4.78, 5) is 25.0. The van der Waals surface area contributed by atoms with Gasteiger partial charge in [0.2, 0.25) is 0 Å². The minimum Gasteiger partial charge on any atom is -0.550 e. The first-order valence-electron chi connectivity index (χ1n) is 8.10. The number of amides is 1. The second-order valence-electron chi connectivity index (χ2n) is 5.72. The lowest BCUT2D eigenvalue weighted by molar-refractivity contribution is -0.305. The number of aromatic nitrogens is 2. The number of carbonyl (C=O) groups is 2. The van der Waals surface area contributed by atoms with E-state index in [0.29, 0.717) is 28.6 Å². The summed E-state index contributed by atoms with van der Waals surface area (Å²) < 4.78 is 2.23. The standard InChI is InChI=1S/C18H17N3O3S2/c22-16(23)8-4-5-9-20-17(24)15(26-18(20)25)10-13-11-19-21(12-13)14-6-2-1-3-7-14/h1-3,6-7,10-12H,4-5,8-9H2,(H,22,23)/p-1/b15-10+. The van der Waals surface area contributed by atoms with E-state index in [1.165, 1.54) is 16.7 Å². The molecule has 1 amide bonds. The van der Waals surface area contributed by atoms with E-state index < -0.39 is 5.97 Å². The van der Waals surface area contributed by atoms with Gasteiger partial charge in [0.15, 0.2) is 0 Å². The van der Waals surface area contributed by atoms with E-state index >= 15 is 0 Å². The molecule has 26 heavy (non-hydrogen) atoms. The number of carbonyl (C=O) groups excluding carboxylic acids is 2. The third-order valence-corrected chi connectivity index (χ3v) is 5.19. The molecule has 0 unspecified atom stereocenters. The number of thioether (sulfide) groups is 1. The molecule has 1 aliphatic heterocycles. The minimum atomic E-state index is -1.08. The molecule has 2 heterocycles. The molecular weight excluding hydrogens is 370 g/mol. The van der Waals surface area contributed by atoms with E-state index in [2.05, 4.69) is 5.10 Å². The topological polar surface area (TPSA) is 78.3 Å². The van der Waals surface area contributed by atoms with Gasteiger partial charge in [0.05, 0.1) is 16.8 Å². The Labute approximate surface area is 160 Å². The van der Waals surface area contributed by atoms with Crippen LogP contribution in [0, 0.1) is 0 Å². The third-order valence-electron chi connectivity index (χ3n) is 3.81. The van der Waals surface area contributed by atoms with Gasteiger partial charge in [-0.25, -0.2) is 4.68 Å². The summed E-state index contributed by atoms with van der Waals surface area (Å²) in [5, 5.41) is 14.8. The van der Waals surface area contributed by atoms with Gasteiger partial charge in [-0.2, -0.15) is 5.10 Å². The minimum absolute atomic E-state index is 0.0106. The molecule has 1 aromatic heterocycles. The van der Waals surface area contributed by atoms with Crippen LogP contribution in [-0.4, -0.2) is 37.4 Å². The van der Waals surface area contributed by atoms with Crippen molar-refractivity contribution in [1.82, 2.24) is 14.7 Å². The highest BCUT2D eigenvalue weighted by Crippen LogP contribution is 2.32. The van der Waals surface area contributed by atoms with Crippen LogP contribution in [0.1, 0.15) is 24.8 Å². The number of aliphatic carboxylic acids is 1. The smallest absolute Gasteiger partial charge is 0.266 e. The van der Waals surface area contributed by atoms with Gasteiger partial charge in [-0.3, -0.25) is 9.69 Å². The molecule has 1 fully saturated rings. The zero-order chi connectivity index (χ0) is 18.5. The first kappa shape index (κ1) is 18.3. The van der Waals surface area contributed by atoms with E-state index in [1.54, 1.807) is 17.0 Å². The van der Waals surface area contributed by atoms with E-state index in [9.17, 15) is 14.7 Å². The Morgan fingerprint density at radius 3 is 2.77 bits per heavy atom. The molecule has 0 spiro atoms. The summed E-state index contributed by atoms with van der Waals surface area (Å²) in [6.45, 7) is 0.415. The highest BCUT2D eigenvalue weighted by molar-refractivity contribution is 8.26.